The smallest absolute Gasteiger partial charge is 0.143 e. The Balaban J connectivity index is 2.01. The van der Waals surface area contributed by atoms with Gasteiger partial charge in [0.15, 0.2) is 0 Å². The number of H-pyrrole nitrogens is 1. The van der Waals surface area contributed by atoms with Crippen molar-refractivity contribution in [3.8, 4) is 0 Å². The van der Waals surface area contributed by atoms with Crippen LogP contribution in [-0.4, -0.2) is 21.7 Å². The fourth-order valence-electron chi connectivity index (χ4n) is 2.34. The Morgan fingerprint density at radius 3 is 2.74 bits per heavy atom. The van der Waals surface area contributed by atoms with E-state index in [2.05, 4.69) is 69.5 Å². The van der Waals surface area contributed by atoms with Gasteiger partial charge in [-0.2, -0.15) is 5.10 Å². The molecule has 1 aromatic heterocycles. The first-order valence-electron chi connectivity index (χ1n) is 6.45. The van der Waals surface area contributed by atoms with E-state index in [-0.39, 0.29) is 0 Å². The lowest BCUT2D eigenvalue weighted by Crippen LogP contribution is -2.22. The van der Waals surface area contributed by atoms with Crippen molar-refractivity contribution in [1.82, 2.24) is 15.2 Å². The van der Waals surface area contributed by atoms with Crippen molar-refractivity contribution in [2.24, 2.45) is 0 Å². The lowest BCUT2D eigenvalue weighted by Gasteiger charge is -2.23. The number of hydrogen-bond acceptors (Lipinski definition) is 3. The zero-order valence-corrected chi connectivity index (χ0v) is 10.9. The first-order chi connectivity index (χ1) is 9.38. The van der Waals surface area contributed by atoms with Crippen LogP contribution >= 0.6 is 0 Å². The van der Waals surface area contributed by atoms with Crippen molar-refractivity contribution in [2.75, 3.05) is 11.4 Å². The standard InChI is InChI=1S/C15H16N4/c1-2-19(10-15-16-11-17-18-15)14-9-5-7-12-6-3-4-8-13(12)14/h3-9,11H,2,10H2,1H3,(H,16,17,18). The van der Waals surface area contributed by atoms with E-state index in [1.807, 2.05) is 0 Å². The molecule has 3 rings (SSSR count). The van der Waals surface area contributed by atoms with Crippen LogP contribution < -0.4 is 4.90 Å². The van der Waals surface area contributed by atoms with Gasteiger partial charge in [-0.1, -0.05) is 36.4 Å². The van der Waals surface area contributed by atoms with Crippen molar-refractivity contribution < 1.29 is 0 Å². The van der Waals surface area contributed by atoms with Crippen molar-refractivity contribution in [1.29, 1.82) is 0 Å². The van der Waals surface area contributed by atoms with Gasteiger partial charge in [-0.25, -0.2) is 4.98 Å². The van der Waals surface area contributed by atoms with Crippen LogP contribution in [0.3, 0.4) is 0 Å². The second-order valence-electron chi connectivity index (χ2n) is 4.44. The van der Waals surface area contributed by atoms with Gasteiger partial charge >= 0.3 is 0 Å². The van der Waals surface area contributed by atoms with Crippen LogP contribution in [0.15, 0.2) is 48.8 Å². The van der Waals surface area contributed by atoms with E-state index in [9.17, 15) is 0 Å². The molecule has 0 aliphatic rings. The third-order valence-electron chi connectivity index (χ3n) is 3.29. The summed E-state index contributed by atoms with van der Waals surface area (Å²) in [6.45, 7) is 3.82. The zero-order valence-electron chi connectivity index (χ0n) is 10.9. The highest BCUT2D eigenvalue weighted by molar-refractivity contribution is 5.94. The number of aromatic nitrogens is 3. The minimum atomic E-state index is 0.741. The summed E-state index contributed by atoms with van der Waals surface area (Å²) < 4.78 is 0. The Morgan fingerprint density at radius 1 is 1.11 bits per heavy atom. The van der Waals surface area contributed by atoms with Crippen LogP contribution in [0.1, 0.15) is 12.7 Å². The third kappa shape index (κ3) is 2.29. The molecule has 96 valence electrons. The first-order valence-corrected chi connectivity index (χ1v) is 6.45. The average molecular weight is 252 g/mol. The van der Waals surface area contributed by atoms with Gasteiger partial charge in [0, 0.05) is 17.6 Å². The fourth-order valence-corrected chi connectivity index (χ4v) is 2.34. The molecule has 0 bridgehead atoms. The van der Waals surface area contributed by atoms with Crippen molar-refractivity contribution in [3.05, 3.63) is 54.6 Å². The van der Waals surface area contributed by atoms with Gasteiger partial charge in [-0.3, -0.25) is 5.10 Å². The van der Waals surface area contributed by atoms with Crippen LogP contribution in [0.25, 0.3) is 10.8 Å². The van der Waals surface area contributed by atoms with E-state index in [0.29, 0.717) is 0 Å². The van der Waals surface area contributed by atoms with E-state index in [0.717, 1.165) is 18.9 Å². The van der Waals surface area contributed by atoms with Gasteiger partial charge in [0.1, 0.15) is 12.2 Å². The first kappa shape index (κ1) is 11.7. The fraction of sp³-hybridized carbons (Fsp3) is 0.200. The van der Waals surface area contributed by atoms with Gasteiger partial charge in [-0.05, 0) is 18.4 Å². The van der Waals surface area contributed by atoms with Gasteiger partial charge in [0.25, 0.3) is 0 Å². The van der Waals surface area contributed by atoms with Gasteiger partial charge in [0.2, 0.25) is 0 Å². The molecule has 0 spiro atoms. The SMILES string of the molecule is CCN(Cc1ncn[nH]1)c1cccc2ccccc12. The Labute approximate surface area is 112 Å². The molecule has 0 saturated heterocycles. The van der Waals surface area contributed by atoms with Crippen LogP contribution in [0.2, 0.25) is 0 Å². The summed E-state index contributed by atoms with van der Waals surface area (Å²) in [6, 6.07) is 14.8. The Bertz CT molecular complexity index is 655. The number of hydrogen-bond donors (Lipinski definition) is 1. The van der Waals surface area contributed by atoms with E-state index >= 15 is 0 Å². The van der Waals surface area contributed by atoms with Gasteiger partial charge < -0.3 is 4.90 Å². The lowest BCUT2D eigenvalue weighted by atomic mass is 10.1. The Hall–Kier alpha value is -2.36. The molecule has 4 nitrogen and oxygen atoms in total. The monoisotopic (exact) mass is 252 g/mol. The summed E-state index contributed by atoms with van der Waals surface area (Å²) >= 11 is 0. The molecule has 3 aromatic rings. The highest BCUT2D eigenvalue weighted by atomic mass is 15.2. The number of fused-ring (bicyclic) bond motifs is 1. The number of benzene rings is 2. The van der Waals surface area contributed by atoms with E-state index in [1.54, 1.807) is 6.33 Å². The Morgan fingerprint density at radius 2 is 1.95 bits per heavy atom. The molecule has 1 heterocycles. The predicted octanol–water partition coefficient (Wildman–Crippen LogP) is 2.98. The average Bonchev–Trinajstić information content (AvgIpc) is 2.97. The second kappa shape index (κ2) is 5.10. The van der Waals surface area contributed by atoms with E-state index in [1.165, 1.54) is 16.5 Å². The van der Waals surface area contributed by atoms with Gasteiger partial charge in [0.05, 0.1) is 6.54 Å². The number of anilines is 1. The number of nitrogens with one attached hydrogen (secondary N) is 1. The van der Waals surface area contributed by atoms with E-state index < -0.39 is 0 Å². The molecule has 19 heavy (non-hydrogen) atoms. The minimum Gasteiger partial charge on any atom is -0.364 e. The molecule has 0 amide bonds. The normalized spacial score (nSPS) is 10.8. The minimum absolute atomic E-state index is 0.741. The summed E-state index contributed by atoms with van der Waals surface area (Å²) in [5.74, 6) is 0.884. The maximum atomic E-state index is 4.20. The highest BCUT2D eigenvalue weighted by Gasteiger charge is 2.10. The quantitative estimate of drug-likeness (QED) is 0.776. The van der Waals surface area contributed by atoms with Gasteiger partial charge in [-0.15, -0.1) is 0 Å². The molecule has 0 saturated carbocycles. The molecule has 0 atom stereocenters. The predicted molar refractivity (Wildman–Crippen MR) is 77.1 cm³/mol. The van der Waals surface area contributed by atoms with Crippen molar-refractivity contribution in [3.63, 3.8) is 0 Å². The summed E-state index contributed by atoms with van der Waals surface area (Å²) in [6.07, 6.45) is 1.55. The number of rotatable bonds is 4. The summed E-state index contributed by atoms with van der Waals surface area (Å²) in [7, 11) is 0. The maximum Gasteiger partial charge on any atom is 0.143 e. The number of nitrogens with zero attached hydrogens (tertiary/aromatic N) is 3. The van der Waals surface area contributed by atoms with E-state index in [4.69, 9.17) is 0 Å². The van der Waals surface area contributed by atoms with Crippen LogP contribution in [0.4, 0.5) is 5.69 Å². The zero-order chi connectivity index (χ0) is 13.1. The topological polar surface area (TPSA) is 44.8 Å². The molecular weight excluding hydrogens is 236 g/mol. The van der Waals surface area contributed by atoms with Crippen LogP contribution in [-0.2, 0) is 6.54 Å². The maximum absolute atomic E-state index is 4.20. The second-order valence-corrected chi connectivity index (χ2v) is 4.44. The summed E-state index contributed by atoms with van der Waals surface area (Å²) in [4.78, 5) is 6.50. The third-order valence-corrected chi connectivity index (χ3v) is 3.29. The molecule has 0 fully saturated rings. The number of aromatic amines is 1. The highest BCUT2D eigenvalue weighted by Crippen LogP contribution is 2.27. The molecule has 0 aliphatic heterocycles. The molecule has 2 aromatic carbocycles. The molecule has 0 unspecified atom stereocenters. The molecule has 0 aliphatic carbocycles. The summed E-state index contributed by atoms with van der Waals surface area (Å²) in [5.41, 5.74) is 1.23. The Kier molecular flexibility index (Phi) is 3.14. The molecular formula is C15H16N4. The van der Waals surface area contributed by atoms with Crippen molar-refractivity contribution >= 4 is 16.5 Å². The van der Waals surface area contributed by atoms with Crippen molar-refractivity contribution in [2.45, 2.75) is 13.5 Å². The van der Waals surface area contributed by atoms with Crippen LogP contribution in [0.5, 0.6) is 0 Å². The van der Waals surface area contributed by atoms with Crippen LogP contribution in [0, 0.1) is 0 Å². The largest absolute Gasteiger partial charge is 0.364 e. The molecule has 4 heteroatoms. The molecule has 1 N–H and O–H groups in total. The molecule has 0 radical (unpaired) electrons. The lowest BCUT2D eigenvalue weighted by molar-refractivity contribution is 0.787. The summed E-state index contributed by atoms with van der Waals surface area (Å²) in [5, 5.41) is 9.35.